The van der Waals surface area contributed by atoms with Crippen LogP contribution in [0.4, 0.5) is 0 Å². The van der Waals surface area contributed by atoms with Crippen molar-refractivity contribution in [3.63, 3.8) is 0 Å². The van der Waals surface area contributed by atoms with Crippen molar-refractivity contribution in [2.24, 2.45) is 5.10 Å². The largest absolute Gasteiger partial charge is 0.497 e. The highest BCUT2D eigenvalue weighted by atomic mass is 16.5. The summed E-state index contributed by atoms with van der Waals surface area (Å²) in [5.41, 5.74) is 3.53. The van der Waals surface area contributed by atoms with E-state index in [0.717, 1.165) is 11.3 Å². The Morgan fingerprint density at radius 2 is 1.79 bits per heavy atom. The van der Waals surface area contributed by atoms with Gasteiger partial charge in [-0.15, -0.1) is 0 Å². The normalized spacial score (nSPS) is 10.9. The van der Waals surface area contributed by atoms with Crippen LogP contribution in [0, 0.1) is 0 Å². The Hall–Kier alpha value is -3.08. The summed E-state index contributed by atoms with van der Waals surface area (Å²) in [6, 6.07) is 17.0. The lowest BCUT2D eigenvalue weighted by atomic mass is 10.2. The maximum absolute atomic E-state index is 11.6. The van der Waals surface area contributed by atoms with Crippen molar-refractivity contribution >= 4 is 18.2 Å². The highest BCUT2D eigenvalue weighted by Gasteiger charge is 2.00. The van der Waals surface area contributed by atoms with Crippen LogP contribution in [0.25, 0.3) is 6.08 Å². The molecule has 0 aromatic heterocycles. The molecule has 0 aliphatic rings. The van der Waals surface area contributed by atoms with Gasteiger partial charge in [0.05, 0.1) is 20.1 Å². The Bertz CT molecular complexity index is 680. The number of benzene rings is 2. The lowest BCUT2D eigenvalue weighted by molar-refractivity contribution is -0.121. The summed E-state index contributed by atoms with van der Waals surface area (Å²) in [5.74, 6) is 1.25. The van der Waals surface area contributed by atoms with E-state index in [-0.39, 0.29) is 18.9 Å². The van der Waals surface area contributed by atoms with Gasteiger partial charge in [-0.25, -0.2) is 5.43 Å². The number of carbonyl (C=O) groups is 1. The number of carbonyl (C=O) groups excluding carboxylic acids is 1. The number of ether oxygens (including phenoxy) is 2. The quantitative estimate of drug-likeness (QED) is 0.599. The zero-order valence-electron chi connectivity index (χ0n) is 13.5. The first-order chi connectivity index (χ1) is 11.8. The van der Waals surface area contributed by atoms with Gasteiger partial charge in [0.1, 0.15) is 11.5 Å². The van der Waals surface area contributed by atoms with Crippen molar-refractivity contribution < 1.29 is 14.3 Å². The molecular weight excluding hydrogens is 304 g/mol. The minimum atomic E-state index is -0.201. The number of amides is 1. The average molecular weight is 324 g/mol. The Morgan fingerprint density at radius 3 is 2.50 bits per heavy atom. The van der Waals surface area contributed by atoms with Gasteiger partial charge in [-0.1, -0.05) is 36.4 Å². The van der Waals surface area contributed by atoms with Crippen LogP contribution in [0.1, 0.15) is 12.0 Å². The van der Waals surface area contributed by atoms with Crippen LogP contribution in [0.5, 0.6) is 11.5 Å². The number of hydrazone groups is 1. The summed E-state index contributed by atoms with van der Waals surface area (Å²) in [6.07, 6.45) is 5.44. The summed E-state index contributed by atoms with van der Waals surface area (Å²) in [6.45, 7) is 0.285. The van der Waals surface area contributed by atoms with E-state index in [4.69, 9.17) is 9.47 Å². The van der Waals surface area contributed by atoms with E-state index in [2.05, 4.69) is 10.5 Å². The second kappa shape index (κ2) is 9.84. The monoisotopic (exact) mass is 324 g/mol. The first kappa shape index (κ1) is 17.3. The number of methoxy groups -OCH3 is 1. The third kappa shape index (κ3) is 6.36. The minimum absolute atomic E-state index is 0.201. The van der Waals surface area contributed by atoms with Crippen molar-refractivity contribution in [1.29, 1.82) is 0 Å². The van der Waals surface area contributed by atoms with Crippen molar-refractivity contribution in [1.82, 2.24) is 5.43 Å². The van der Waals surface area contributed by atoms with Crippen molar-refractivity contribution in [3.05, 3.63) is 66.2 Å². The van der Waals surface area contributed by atoms with Gasteiger partial charge < -0.3 is 9.47 Å². The Morgan fingerprint density at radius 1 is 1.08 bits per heavy atom. The van der Waals surface area contributed by atoms with Gasteiger partial charge in [-0.2, -0.15) is 5.10 Å². The first-order valence-corrected chi connectivity index (χ1v) is 7.58. The zero-order chi connectivity index (χ0) is 17.0. The molecule has 124 valence electrons. The topological polar surface area (TPSA) is 59.9 Å². The molecule has 0 spiro atoms. The van der Waals surface area contributed by atoms with E-state index in [9.17, 15) is 4.79 Å². The molecule has 0 fully saturated rings. The Labute approximate surface area is 141 Å². The molecule has 0 unspecified atom stereocenters. The highest BCUT2D eigenvalue weighted by Crippen LogP contribution is 2.16. The SMILES string of the molecule is COc1ccc(OCCC(=O)NN=CC=Cc2ccccc2)cc1. The van der Waals surface area contributed by atoms with Gasteiger partial charge in [-0.3, -0.25) is 4.79 Å². The molecule has 0 bridgehead atoms. The predicted molar refractivity (Wildman–Crippen MR) is 95.2 cm³/mol. The molecule has 0 heterocycles. The fourth-order valence-corrected chi connectivity index (χ4v) is 1.86. The van der Waals surface area contributed by atoms with Crippen LogP contribution < -0.4 is 14.9 Å². The Kier molecular flexibility index (Phi) is 7.08. The maximum Gasteiger partial charge on any atom is 0.243 e. The second-order valence-corrected chi connectivity index (χ2v) is 4.86. The number of rotatable bonds is 8. The molecule has 2 aromatic rings. The maximum atomic E-state index is 11.6. The molecule has 2 aromatic carbocycles. The molecule has 5 nitrogen and oxygen atoms in total. The summed E-state index contributed by atoms with van der Waals surface area (Å²) in [5, 5.41) is 3.85. The Balaban J connectivity index is 1.64. The molecule has 0 saturated heterocycles. The van der Waals surface area contributed by atoms with Gasteiger partial charge >= 0.3 is 0 Å². The van der Waals surface area contributed by atoms with Crippen LogP contribution in [0.2, 0.25) is 0 Å². The summed E-state index contributed by atoms with van der Waals surface area (Å²) >= 11 is 0. The van der Waals surface area contributed by atoms with Crippen molar-refractivity contribution in [2.45, 2.75) is 6.42 Å². The van der Waals surface area contributed by atoms with Gasteiger partial charge in [0.15, 0.2) is 0 Å². The fourth-order valence-electron chi connectivity index (χ4n) is 1.86. The summed E-state index contributed by atoms with van der Waals surface area (Å²) in [7, 11) is 1.61. The molecule has 1 amide bonds. The number of nitrogens with zero attached hydrogens (tertiary/aromatic N) is 1. The molecule has 0 saturated carbocycles. The standard InChI is InChI=1S/C19H20N2O3/c1-23-17-9-11-18(12-10-17)24-15-13-19(22)21-20-14-5-8-16-6-3-2-4-7-16/h2-12,14H,13,15H2,1H3,(H,21,22). The van der Waals surface area contributed by atoms with Crippen LogP contribution in [-0.2, 0) is 4.79 Å². The molecule has 2 rings (SSSR count). The molecule has 0 aliphatic heterocycles. The average Bonchev–Trinajstić information content (AvgIpc) is 2.63. The van der Waals surface area contributed by atoms with Gasteiger partial charge in [0, 0.05) is 6.21 Å². The fraction of sp³-hybridized carbons (Fsp3) is 0.158. The molecular formula is C19H20N2O3. The second-order valence-electron chi connectivity index (χ2n) is 4.86. The van der Waals surface area contributed by atoms with Gasteiger partial charge in [0.2, 0.25) is 5.91 Å². The van der Waals surface area contributed by atoms with E-state index >= 15 is 0 Å². The van der Waals surface area contributed by atoms with Gasteiger partial charge in [0.25, 0.3) is 0 Å². The highest BCUT2D eigenvalue weighted by molar-refractivity contribution is 5.81. The smallest absolute Gasteiger partial charge is 0.243 e. The summed E-state index contributed by atoms with van der Waals surface area (Å²) < 4.78 is 10.5. The number of allylic oxidation sites excluding steroid dienone is 1. The first-order valence-electron chi connectivity index (χ1n) is 7.58. The lowest BCUT2D eigenvalue weighted by Crippen LogP contribution is -2.19. The molecule has 0 aliphatic carbocycles. The third-order valence-electron chi connectivity index (χ3n) is 3.10. The van der Waals surface area contributed by atoms with E-state index in [1.807, 2.05) is 36.4 Å². The number of hydrogen-bond acceptors (Lipinski definition) is 4. The molecule has 0 atom stereocenters. The molecule has 0 radical (unpaired) electrons. The number of nitrogens with one attached hydrogen (secondary N) is 1. The van der Waals surface area contributed by atoms with E-state index in [1.54, 1.807) is 37.5 Å². The number of hydrogen-bond donors (Lipinski definition) is 1. The van der Waals surface area contributed by atoms with Crippen LogP contribution in [-0.4, -0.2) is 25.8 Å². The van der Waals surface area contributed by atoms with Gasteiger partial charge in [-0.05, 0) is 35.9 Å². The predicted octanol–water partition coefficient (Wildman–Crippen LogP) is 3.28. The third-order valence-corrected chi connectivity index (χ3v) is 3.10. The van der Waals surface area contributed by atoms with E-state index < -0.39 is 0 Å². The van der Waals surface area contributed by atoms with E-state index in [0.29, 0.717) is 5.75 Å². The summed E-state index contributed by atoms with van der Waals surface area (Å²) in [4.78, 5) is 11.6. The lowest BCUT2D eigenvalue weighted by Gasteiger charge is -2.06. The minimum Gasteiger partial charge on any atom is -0.497 e. The van der Waals surface area contributed by atoms with Crippen LogP contribution >= 0.6 is 0 Å². The van der Waals surface area contributed by atoms with E-state index in [1.165, 1.54) is 6.21 Å². The molecule has 5 heteroatoms. The molecule has 1 N–H and O–H groups in total. The van der Waals surface area contributed by atoms with Crippen molar-refractivity contribution in [2.75, 3.05) is 13.7 Å². The van der Waals surface area contributed by atoms with Crippen LogP contribution in [0.15, 0.2) is 65.8 Å². The van der Waals surface area contributed by atoms with Crippen LogP contribution in [0.3, 0.4) is 0 Å². The zero-order valence-corrected chi connectivity index (χ0v) is 13.5. The van der Waals surface area contributed by atoms with Crippen molar-refractivity contribution in [3.8, 4) is 11.5 Å². The molecule has 24 heavy (non-hydrogen) atoms.